The second kappa shape index (κ2) is 7.72. The molecule has 136 valence electrons. The van der Waals surface area contributed by atoms with E-state index in [2.05, 4.69) is 5.32 Å². The lowest BCUT2D eigenvalue weighted by Crippen LogP contribution is -2.41. The summed E-state index contributed by atoms with van der Waals surface area (Å²) in [5.74, 6) is -0.737. The molecule has 2 aliphatic rings. The molecule has 1 saturated heterocycles. The Morgan fingerprint density at radius 3 is 2.84 bits per heavy atom. The summed E-state index contributed by atoms with van der Waals surface area (Å²) in [6.45, 7) is 2.20. The molecule has 1 N–H and O–H groups in total. The van der Waals surface area contributed by atoms with Crippen LogP contribution in [0.25, 0.3) is 0 Å². The number of hydrogen-bond acceptors (Lipinski definition) is 5. The van der Waals surface area contributed by atoms with Crippen molar-refractivity contribution < 1.29 is 23.5 Å². The van der Waals surface area contributed by atoms with Gasteiger partial charge in [-0.3, -0.25) is 14.4 Å². The Kier molecular flexibility index (Phi) is 5.40. The molecule has 2 fully saturated rings. The van der Waals surface area contributed by atoms with Gasteiger partial charge in [0.15, 0.2) is 6.10 Å². The van der Waals surface area contributed by atoms with Crippen molar-refractivity contribution in [3.8, 4) is 0 Å². The topological polar surface area (TPSA) is 88.9 Å². The summed E-state index contributed by atoms with van der Waals surface area (Å²) in [6.07, 6.45) is 5.01. The number of hydrogen-bond donors (Lipinski definition) is 1. The molecule has 25 heavy (non-hydrogen) atoms. The summed E-state index contributed by atoms with van der Waals surface area (Å²) < 4.78 is 10.5. The normalized spacial score (nSPS) is 22.2. The maximum absolute atomic E-state index is 12.3. The molecule has 2 unspecified atom stereocenters. The molecular formula is C18H24N2O5. The van der Waals surface area contributed by atoms with Gasteiger partial charge >= 0.3 is 5.97 Å². The number of carbonyl (C=O) groups excluding carboxylic acids is 3. The third-order valence-corrected chi connectivity index (χ3v) is 4.84. The molecule has 1 aliphatic heterocycles. The van der Waals surface area contributed by atoms with E-state index in [1.807, 2.05) is 0 Å². The van der Waals surface area contributed by atoms with Gasteiger partial charge in [0.2, 0.25) is 5.91 Å². The van der Waals surface area contributed by atoms with Gasteiger partial charge in [-0.25, -0.2) is 0 Å². The lowest BCUT2D eigenvalue weighted by atomic mass is 10.1. The second-order valence-corrected chi connectivity index (χ2v) is 6.82. The Balaban J connectivity index is 1.47. The maximum Gasteiger partial charge on any atom is 0.312 e. The number of rotatable bonds is 6. The lowest BCUT2D eigenvalue weighted by Gasteiger charge is -2.19. The van der Waals surface area contributed by atoms with Crippen LogP contribution in [-0.4, -0.2) is 41.4 Å². The highest BCUT2D eigenvalue weighted by molar-refractivity contribution is 5.89. The monoisotopic (exact) mass is 348 g/mol. The van der Waals surface area contributed by atoms with Crippen LogP contribution in [0.4, 0.5) is 0 Å². The molecule has 7 nitrogen and oxygen atoms in total. The third kappa shape index (κ3) is 4.41. The fraction of sp³-hybridized carbons (Fsp3) is 0.611. The first-order valence-corrected chi connectivity index (χ1v) is 8.84. The van der Waals surface area contributed by atoms with Crippen LogP contribution in [0.5, 0.6) is 0 Å². The third-order valence-electron chi connectivity index (χ3n) is 4.84. The first-order valence-electron chi connectivity index (χ1n) is 8.84. The van der Waals surface area contributed by atoms with E-state index in [4.69, 9.17) is 9.15 Å². The number of nitrogens with zero attached hydrogens (tertiary/aromatic N) is 1. The maximum atomic E-state index is 12.3. The van der Waals surface area contributed by atoms with E-state index < -0.39 is 18.0 Å². The van der Waals surface area contributed by atoms with Gasteiger partial charge in [-0.1, -0.05) is 12.8 Å². The van der Waals surface area contributed by atoms with Crippen molar-refractivity contribution in [1.82, 2.24) is 10.2 Å². The van der Waals surface area contributed by atoms with E-state index in [1.54, 1.807) is 30.2 Å². The molecule has 1 aromatic rings. The van der Waals surface area contributed by atoms with E-state index in [9.17, 15) is 14.4 Å². The van der Waals surface area contributed by atoms with Crippen LogP contribution in [0.1, 0.15) is 44.8 Å². The van der Waals surface area contributed by atoms with Crippen molar-refractivity contribution in [2.45, 2.75) is 57.7 Å². The van der Waals surface area contributed by atoms with Gasteiger partial charge in [0.1, 0.15) is 5.76 Å². The Morgan fingerprint density at radius 1 is 1.40 bits per heavy atom. The van der Waals surface area contributed by atoms with Crippen LogP contribution >= 0.6 is 0 Å². The first-order chi connectivity index (χ1) is 12.0. The minimum absolute atomic E-state index is 0.108. The van der Waals surface area contributed by atoms with Crippen LogP contribution in [0.15, 0.2) is 22.8 Å². The smallest absolute Gasteiger partial charge is 0.312 e. The van der Waals surface area contributed by atoms with E-state index in [0.717, 1.165) is 25.7 Å². The highest BCUT2D eigenvalue weighted by Crippen LogP contribution is 2.22. The van der Waals surface area contributed by atoms with Gasteiger partial charge < -0.3 is 19.4 Å². The van der Waals surface area contributed by atoms with Crippen LogP contribution in [0.2, 0.25) is 0 Å². The van der Waals surface area contributed by atoms with Crippen molar-refractivity contribution in [3.63, 3.8) is 0 Å². The predicted molar refractivity (Wildman–Crippen MR) is 88.2 cm³/mol. The Hall–Kier alpha value is -2.31. The van der Waals surface area contributed by atoms with Gasteiger partial charge in [-0.15, -0.1) is 0 Å². The summed E-state index contributed by atoms with van der Waals surface area (Å²) in [6, 6.07) is 3.73. The zero-order valence-corrected chi connectivity index (χ0v) is 14.4. The highest BCUT2D eigenvalue weighted by atomic mass is 16.5. The van der Waals surface area contributed by atoms with E-state index >= 15 is 0 Å². The number of nitrogens with one attached hydrogen (secondary N) is 1. The fourth-order valence-corrected chi connectivity index (χ4v) is 3.39. The van der Waals surface area contributed by atoms with Crippen LogP contribution in [-0.2, 0) is 25.7 Å². The Morgan fingerprint density at radius 2 is 2.16 bits per heavy atom. The second-order valence-electron chi connectivity index (χ2n) is 6.82. The van der Waals surface area contributed by atoms with Crippen molar-refractivity contribution in [2.75, 3.05) is 6.54 Å². The molecule has 0 aromatic carbocycles. The molecule has 2 amide bonds. The standard InChI is InChI=1S/C18H24N2O5/c1-12(17(22)19-14-5-2-3-6-14)25-18(23)13-9-16(21)20(10-13)11-15-7-4-8-24-15/h4,7-8,12-14H,2-3,5-6,9-11H2,1H3,(H,19,22). The van der Waals surface area contributed by atoms with Gasteiger partial charge in [-0.05, 0) is 31.9 Å². The number of esters is 1. The van der Waals surface area contributed by atoms with Crippen LogP contribution in [0, 0.1) is 5.92 Å². The highest BCUT2D eigenvalue weighted by Gasteiger charge is 2.37. The minimum atomic E-state index is -0.845. The molecule has 1 saturated carbocycles. The predicted octanol–water partition coefficient (Wildman–Crippen LogP) is 1.62. The van der Waals surface area contributed by atoms with Crippen molar-refractivity contribution in [2.24, 2.45) is 5.92 Å². The first kappa shape index (κ1) is 17.5. The molecule has 0 bridgehead atoms. The van der Waals surface area contributed by atoms with Crippen molar-refractivity contribution in [3.05, 3.63) is 24.2 Å². The number of furan rings is 1. The lowest BCUT2D eigenvalue weighted by molar-refractivity contribution is -0.158. The van der Waals surface area contributed by atoms with E-state index in [-0.39, 0.29) is 30.8 Å². The largest absolute Gasteiger partial charge is 0.467 e. The summed E-state index contributed by atoms with van der Waals surface area (Å²) in [4.78, 5) is 38.0. The summed E-state index contributed by atoms with van der Waals surface area (Å²) in [5.41, 5.74) is 0. The molecule has 3 rings (SSSR count). The van der Waals surface area contributed by atoms with Gasteiger partial charge in [0.25, 0.3) is 5.91 Å². The number of carbonyl (C=O) groups is 3. The summed E-state index contributed by atoms with van der Waals surface area (Å²) in [7, 11) is 0. The molecular weight excluding hydrogens is 324 g/mol. The Labute approximate surface area is 146 Å². The molecule has 1 aromatic heterocycles. The van der Waals surface area contributed by atoms with Gasteiger partial charge in [-0.2, -0.15) is 0 Å². The molecule has 7 heteroatoms. The number of likely N-dealkylation sites (tertiary alicyclic amines) is 1. The molecule has 0 radical (unpaired) electrons. The molecule has 2 atom stereocenters. The molecule has 1 aliphatic carbocycles. The average Bonchev–Trinajstić information content (AvgIpc) is 3.31. The summed E-state index contributed by atoms with van der Waals surface area (Å²) in [5, 5.41) is 2.92. The van der Waals surface area contributed by atoms with E-state index in [1.165, 1.54) is 0 Å². The zero-order chi connectivity index (χ0) is 17.8. The molecule has 2 heterocycles. The average molecular weight is 348 g/mol. The van der Waals surface area contributed by atoms with Gasteiger partial charge in [0, 0.05) is 19.0 Å². The quantitative estimate of drug-likeness (QED) is 0.789. The van der Waals surface area contributed by atoms with Crippen LogP contribution in [0.3, 0.4) is 0 Å². The summed E-state index contributed by atoms with van der Waals surface area (Å²) >= 11 is 0. The van der Waals surface area contributed by atoms with Gasteiger partial charge in [0.05, 0.1) is 18.7 Å². The van der Waals surface area contributed by atoms with E-state index in [0.29, 0.717) is 12.3 Å². The zero-order valence-electron chi connectivity index (χ0n) is 14.4. The minimum Gasteiger partial charge on any atom is -0.467 e. The number of ether oxygens (including phenoxy) is 1. The number of amides is 2. The molecule has 0 spiro atoms. The van der Waals surface area contributed by atoms with Crippen molar-refractivity contribution >= 4 is 17.8 Å². The SMILES string of the molecule is CC(OC(=O)C1CC(=O)N(Cc2ccco2)C1)C(=O)NC1CCCC1. The van der Waals surface area contributed by atoms with Crippen LogP contribution < -0.4 is 5.32 Å². The van der Waals surface area contributed by atoms with Crippen molar-refractivity contribution in [1.29, 1.82) is 0 Å². The fourth-order valence-electron chi connectivity index (χ4n) is 3.39. The Bertz CT molecular complexity index is 621.